The molecule has 0 aromatic heterocycles. The molecule has 1 atom stereocenters. The van der Waals surface area contributed by atoms with Gasteiger partial charge in [-0.1, -0.05) is 22.0 Å². The molecule has 5 nitrogen and oxygen atoms in total. The Morgan fingerprint density at radius 1 is 1.50 bits per heavy atom. The number of hydrogen-bond acceptors (Lipinski definition) is 4. The van der Waals surface area contributed by atoms with E-state index < -0.39 is 11.7 Å². The molecule has 4 N–H and O–H groups in total. The van der Waals surface area contributed by atoms with Gasteiger partial charge in [0.05, 0.1) is 0 Å². The molecule has 0 heterocycles. The van der Waals surface area contributed by atoms with Crippen LogP contribution in [-0.2, 0) is 4.74 Å². The summed E-state index contributed by atoms with van der Waals surface area (Å²) in [6, 6.07) is 5.21. The Labute approximate surface area is 127 Å². The van der Waals surface area contributed by atoms with Crippen LogP contribution in [0.15, 0.2) is 22.7 Å². The Bertz CT molecular complexity index is 472. The first kappa shape index (κ1) is 16.8. The van der Waals surface area contributed by atoms with Crippen LogP contribution in [0.25, 0.3) is 0 Å². The van der Waals surface area contributed by atoms with Gasteiger partial charge in [-0.25, -0.2) is 4.79 Å². The molecule has 1 aromatic carbocycles. The fourth-order valence-electron chi connectivity index (χ4n) is 1.70. The van der Waals surface area contributed by atoms with Crippen LogP contribution in [0.2, 0.25) is 0 Å². The van der Waals surface area contributed by atoms with E-state index in [1.807, 2.05) is 6.07 Å². The third kappa shape index (κ3) is 5.38. The number of carbonyl (C=O) groups is 1. The lowest BCUT2D eigenvalue weighted by Gasteiger charge is -2.22. The molecule has 1 amide bonds. The van der Waals surface area contributed by atoms with Crippen LogP contribution < -0.4 is 11.1 Å². The zero-order valence-electron chi connectivity index (χ0n) is 11.9. The highest BCUT2D eigenvalue weighted by molar-refractivity contribution is 9.10. The second kappa shape index (κ2) is 6.95. The van der Waals surface area contributed by atoms with Crippen molar-refractivity contribution in [2.75, 3.05) is 13.1 Å². The maximum atomic E-state index is 11.6. The van der Waals surface area contributed by atoms with Crippen LogP contribution >= 0.6 is 15.9 Å². The SMILES string of the molecule is CC(C)(C)OC(=O)NCC(CN)c1ccc(Br)cc1O. The van der Waals surface area contributed by atoms with Crippen LogP contribution in [0, 0.1) is 0 Å². The zero-order chi connectivity index (χ0) is 15.3. The van der Waals surface area contributed by atoms with E-state index in [1.54, 1.807) is 32.9 Å². The van der Waals surface area contributed by atoms with Gasteiger partial charge in [0.2, 0.25) is 0 Å². The molecule has 6 heteroatoms. The van der Waals surface area contributed by atoms with E-state index in [0.29, 0.717) is 18.7 Å². The van der Waals surface area contributed by atoms with Gasteiger partial charge in [0.1, 0.15) is 11.4 Å². The van der Waals surface area contributed by atoms with Gasteiger partial charge in [-0.05, 0) is 32.9 Å². The highest BCUT2D eigenvalue weighted by Crippen LogP contribution is 2.28. The van der Waals surface area contributed by atoms with Gasteiger partial charge in [0, 0.05) is 29.0 Å². The zero-order valence-corrected chi connectivity index (χ0v) is 13.5. The van der Waals surface area contributed by atoms with Gasteiger partial charge in [-0.15, -0.1) is 0 Å². The predicted molar refractivity (Wildman–Crippen MR) is 81.8 cm³/mol. The number of aromatic hydroxyl groups is 1. The van der Waals surface area contributed by atoms with Crippen LogP contribution in [0.5, 0.6) is 5.75 Å². The summed E-state index contributed by atoms with van der Waals surface area (Å²) in [5, 5.41) is 12.6. The fourth-order valence-corrected chi connectivity index (χ4v) is 2.05. The number of alkyl carbamates (subject to hydrolysis) is 1. The fraction of sp³-hybridized carbons (Fsp3) is 0.500. The van der Waals surface area contributed by atoms with Crippen molar-refractivity contribution >= 4 is 22.0 Å². The number of halogens is 1. The van der Waals surface area contributed by atoms with Crippen molar-refractivity contribution in [3.63, 3.8) is 0 Å². The largest absolute Gasteiger partial charge is 0.508 e. The first-order valence-electron chi connectivity index (χ1n) is 6.38. The topological polar surface area (TPSA) is 84.6 Å². The number of carbonyl (C=O) groups excluding carboxylic acids is 1. The Morgan fingerprint density at radius 3 is 2.65 bits per heavy atom. The first-order chi connectivity index (χ1) is 9.23. The van der Waals surface area contributed by atoms with E-state index in [2.05, 4.69) is 21.2 Å². The van der Waals surface area contributed by atoms with Crippen LogP contribution in [0.4, 0.5) is 4.79 Å². The number of hydrogen-bond donors (Lipinski definition) is 3. The summed E-state index contributed by atoms with van der Waals surface area (Å²) in [6.07, 6.45) is -0.493. The van der Waals surface area contributed by atoms with Crippen molar-refractivity contribution in [3.8, 4) is 5.75 Å². The summed E-state index contributed by atoms with van der Waals surface area (Å²) in [5.41, 5.74) is 5.87. The number of benzene rings is 1. The Morgan fingerprint density at radius 2 is 2.15 bits per heavy atom. The maximum Gasteiger partial charge on any atom is 0.407 e. The maximum absolute atomic E-state index is 11.6. The minimum atomic E-state index is -0.540. The molecule has 0 saturated heterocycles. The highest BCUT2D eigenvalue weighted by atomic mass is 79.9. The average molecular weight is 345 g/mol. The van der Waals surface area contributed by atoms with Gasteiger partial charge < -0.3 is 20.9 Å². The molecule has 0 bridgehead atoms. The van der Waals surface area contributed by atoms with Gasteiger partial charge in [0.15, 0.2) is 0 Å². The molecule has 0 aliphatic carbocycles. The second-order valence-electron chi connectivity index (χ2n) is 5.52. The minimum Gasteiger partial charge on any atom is -0.508 e. The molecule has 20 heavy (non-hydrogen) atoms. The molecule has 0 aliphatic rings. The van der Waals surface area contributed by atoms with Gasteiger partial charge in [-0.2, -0.15) is 0 Å². The Balaban J connectivity index is 2.66. The minimum absolute atomic E-state index is 0.154. The number of nitrogens with one attached hydrogen (secondary N) is 1. The van der Waals surface area contributed by atoms with Crippen molar-refractivity contribution in [1.29, 1.82) is 0 Å². The quantitative estimate of drug-likeness (QED) is 0.783. The second-order valence-corrected chi connectivity index (χ2v) is 6.43. The Hall–Kier alpha value is -1.27. The summed E-state index contributed by atoms with van der Waals surface area (Å²) < 4.78 is 5.94. The lowest BCUT2D eigenvalue weighted by atomic mass is 9.98. The molecule has 1 unspecified atom stereocenters. The number of phenolic OH excluding ortho intramolecular Hbond substituents is 1. The van der Waals surface area contributed by atoms with Crippen molar-refractivity contribution in [2.45, 2.75) is 32.3 Å². The van der Waals surface area contributed by atoms with Crippen LogP contribution in [0.1, 0.15) is 32.3 Å². The van der Waals surface area contributed by atoms with Crippen LogP contribution in [0.3, 0.4) is 0 Å². The van der Waals surface area contributed by atoms with E-state index in [1.165, 1.54) is 0 Å². The average Bonchev–Trinajstić information content (AvgIpc) is 2.29. The van der Waals surface area contributed by atoms with Crippen molar-refractivity contribution in [2.24, 2.45) is 5.73 Å². The number of ether oxygens (including phenoxy) is 1. The van der Waals surface area contributed by atoms with Crippen molar-refractivity contribution in [3.05, 3.63) is 28.2 Å². The highest BCUT2D eigenvalue weighted by Gasteiger charge is 2.19. The third-order valence-electron chi connectivity index (χ3n) is 2.61. The number of rotatable bonds is 4. The van der Waals surface area contributed by atoms with Crippen LogP contribution in [-0.4, -0.2) is 29.9 Å². The summed E-state index contributed by atoms with van der Waals surface area (Å²) >= 11 is 3.28. The molecular weight excluding hydrogens is 324 g/mol. The van der Waals surface area contributed by atoms with Gasteiger partial charge >= 0.3 is 6.09 Å². The smallest absolute Gasteiger partial charge is 0.407 e. The number of amides is 1. The number of nitrogens with two attached hydrogens (primary N) is 1. The van der Waals surface area contributed by atoms with Gasteiger partial charge in [0.25, 0.3) is 0 Å². The summed E-state index contributed by atoms with van der Waals surface area (Å²) in [6.45, 7) is 6.01. The standard InChI is InChI=1S/C14H21BrN2O3/c1-14(2,3)20-13(19)17-8-9(7-16)11-5-4-10(15)6-12(11)18/h4-6,9,18H,7-8,16H2,1-3H3,(H,17,19). The monoisotopic (exact) mass is 344 g/mol. The normalized spacial score (nSPS) is 12.8. The molecule has 112 valence electrons. The van der Waals surface area contributed by atoms with Gasteiger partial charge in [-0.3, -0.25) is 0 Å². The lowest BCUT2D eigenvalue weighted by Crippen LogP contribution is -2.36. The first-order valence-corrected chi connectivity index (χ1v) is 7.17. The number of phenols is 1. The summed E-state index contributed by atoms with van der Waals surface area (Å²) in [7, 11) is 0. The van der Waals surface area contributed by atoms with E-state index in [-0.39, 0.29) is 11.7 Å². The van der Waals surface area contributed by atoms with E-state index in [9.17, 15) is 9.90 Å². The molecule has 0 fully saturated rings. The molecule has 0 radical (unpaired) electrons. The molecule has 0 saturated carbocycles. The summed E-state index contributed by atoms with van der Waals surface area (Å²) in [5.74, 6) is -0.0172. The molecular formula is C14H21BrN2O3. The third-order valence-corrected chi connectivity index (χ3v) is 3.10. The predicted octanol–water partition coefficient (Wildman–Crippen LogP) is 2.72. The Kier molecular flexibility index (Phi) is 5.83. The molecule has 0 aliphatic heterocycles. The summed E-state index contributed by atoms with van der Waals surface area (Å²) in [4.78, 5) is 11.6. The van der Waals surface area contributed by atoms with E-state index >= 15 is 0 Å². The van der Waals surface area contributed by atoms with Crippen molar-refractivity contribution in [1.82, 2.24) is 5.32 Å². The van der Waals surface area contributed by atoms with E-state index in [4.69, 9.17) is 10.5 Å². The molecule has 0 spiro atoms. The molecule has 1 aromatic rings. The lowest BCUT2D eigenvalue weighted by molar-refractivity contribution is 0.0524. The van der Waals surface area contributed by atoms with E-state index in [0.717, 1.165) is 4.47 Å². The molecule has 1 rings (SSSR count). The van der Waals surface area contributed by atoms with Crippen molar-refractivity contribution < 1.29 is 14.6 Å².